The van der Waals surface area contributed by atoms with Crippen LogP contribution in [0.2, 0.25) is 0 Å². The standard InChI is InChI=1S/C18H14F2N4OS/c19-14-7-6-13(10-15(14)20)23-8-9-24-16(17(23)25)21-22-18(24)26-11-12-4-2-1-3-5-12/h1-10,16,21H,11H2. The molecule has 132 valence electrons. The van der Waals surface area contributed by atoms with Gasteiger partial charge in [0.05, 0.1) is 5.69 Å². The predicted molar refractivity (Wildman–Crippen MR) is 96.9 cm³/mol. The molecule has 26 heavy (non-hydrogen) atoms. The molecule has 1 atom stereocenters. The number of nitrogens with one attached hydrogen (secondary N) is 1. The van der Waals surface area contributed by atoms with Gasteiger partial charge in [0.25, 0.3) is 5.91 Å². The summed E-state index contributed by atoms with van der Waals surface area (Å²) < 4.78 is 26.6. The van der Waals surface area contributed by atoms with E-state index in [9.17, 15) is 13.6 Å². The maximum atomic E-state index is 13.5. The van der Waals surface area contributed by atoms with Crippen molar-refractivity contribution in [3.8, 4) is 0 Å². The topological polar surface area (TPSA) is 47.9 Å². The number of amides is 1. The minimum atomic E-state index is -0.999. The molecule has 5 nitrogen and oxygen atoms in total. The zero-order valence-corrected chi connectivity index (χ0v) is 14.3. The van der Waals surface area contributed by atoms with Crippen LogP contribution in [0.3, 0.4) is 0 Å². The van der Waals surface area contributed by atoms with Crippen molar-refractivity contribution in [3.63, 3.8) is 0 Å². The lowest BCUT2D eigenvalue weighted by atomic mass is 10.2. The Bertz CT molecular complexity index is 903. The van der Waals surface area contributed by atoms with Crippen LogP contribution >= 0.6 is 11.8 Å². The Kier molecular flexibility index (Phi) is 4.34. The normalized spacial score (nSPS) is 18.6. The monoisotopic (exact) mass is 372 g/mol. The molecule has 0 saturated carbocycles. The highest BCUT2D eigenvalue weighted by atomic mass is 32.2. The Balaban J connectivity index is 1.49. The van der Waals surface area contributed by atoms with Crippen molar-refractivity contribution < 1.29 is 13.6 Å². The van der Waals surface area contributed by atoms with E-state index >= 15 is 0 Å². The molecule has 2 aromatic carbocycles. The van der Waals surface area contributed by atoms with Crippen molar-refractivity contribution in [1.29, 1.82) is 0 Å². The van der Waals surface area contributed by atoms with Crippen LogP contribution in [0.25, 0.3) is 0 Å². The number of hydrogen-bond donors (Lipinski definition) is 1. The molecule has 1 N–H and O–H groups in total. The molecule has 0 spiro atoms. The molecule has 1 amide bonds. The number of fused-ring (bicyclic) bond motifs is 1. The number of thioether (sulfide) groups is 1. The minimum Gasteiger partial charge on any atom is -0.294 e. The number of carbonyl (C=O) groups is 1. The van der Waals surface area contributed by atoms with Gasteiger partial charge >= 0.3 is 0 Å². The van der Waals surface area contributed by atoms with E-state index in [-0.39, 0.29) is 11.6 Å². The average Bonchev–Trinajstić information content (AvgIpc) is 3.08. The molecule has 8 heteroatoms. The van der Waals surface area contributed by atoms with Gasteiger partial charge in [-0.2, -0.15) is 5.10 Å². The van der Waals surface area contributed by atoms with Crippen LogP contribution in [0.1, 0.15) is 5.56 Å². The first-order chi connectivity index (χ1) is 12.6. The smallest absolute Gasteiger partial charge is 0.276 e. The van der Waals surface area contributed by atoms with Crippen molar-refractivity contribution in [2.45, 2.75) is 11.9 Å². The number of benzene rings is 2. The van der Waals surface area contributed by atoms with E-state index in [4.69, 9.17) is 0 Å². The quantitative estimate of drug-likeness (QED) is 0.899. The summed E-state index contributed by atoms with van der Waals surface area (Å²) >= 11 is 1.51. The molecule has 4 rings (SSSR count). The van der Waals surface area contributed by atoms with E-state index in [1.165, 1.54) is 28.9 Å². The van der Waals surface area contributed by atoms with Crippen molar-refractivity contribution >= 4 is 28.5 Å². The van der Waals surface area contributed by atoms with Gasteiger partial charge in [0.15, 0.2) is 16.8 Å². The third kappa shape index (κ3) is 3.03. The number of anilines is 1. The molecular weight excluding hydrogens is 358 g/mol. The van der Waals surface area contributed by atoms with Gasteiger partial charge in [-0.3, -0.25) is 20.0 Å². The summed E-state index contributed by atoms with van der Waals surface area (Å²) in [6.07, 6.45) is 2.52. The maximum Gasteiger partial charge on any atom is 0.276 e. The highest BCUT2D eigenvalue weighted by Gasteiger charge is 2.38. The zero-order valence-electron chi connectivity index (χ0n) is 13.5. The molecule has 0 bridgehead atoms. The lowest BCUT2D eigenvalue weighted by Gasteiger charge is -2.31. The first kappa shape index (κ1) is 16.6. The highest BCUT2D eigenvalue weighted by Crippen LogP contribution is 2.27. The van der Waals surface area contributed by atoms with Gasteiger partial charge in [-0.25, -0.2) is 8.78 Å². The summed E-state index contributed by atoms with van der Waals surface area (Å²) in [6.45, 7) is 0. The summed E-state index contributed by atoms with van der Waals surface area (Å²) in [5.74, 6) is -1.55. The van der Waals surface area contributed by atoms with Gasteiger partial charge in [-0.15, -0.1) is 0 Å². The van der Waals surface area contributed by atoms with Gasteiger partial charge < -0.3 is 0 Å². The molecule has 0 radical (unpaired) electrons. The fourth-order valence-electron chi connectivity index (χ4n) is 2.69. The number of carbonyl (C=O) groups excluding carboxylic acids is 1. The van der Waals surface area contributed by atoms with Crippen LogP contribution in [0.15, 0.2) is 66.0 Å². The van der Waals surface area contributed by atoms with E-state index in [0.29, 0.717) is 5.17 Å². The molecule has 0 aliphatic carbocycles. The molecule has 0 fully saturated rings. The number of halogens is 2. The molecule has 1 unspecified atom stereocenters. The number of nitrogens with zero attached hydrogens (tertiary/aromatic N) is 3. The zero-order chi connectivity index (χ0) is 18.1. The summed E-state index contributed by atoms with van der Waals surface area (Å²) in [5, 5.41) is 4.90. The van der Waals surface area contributed by atoms with Crippen molar-refractivity contribution in [1.82, 2.24) is 10.3 Å². The average molecular weight is 372 g/mol. The highest BCUT2D eigenvalue weighted by molar-refractivity contribution is 8.13. The second-order valence-corrected chi connectivity index (χ2v) is 6.65. The Hall–Kier alpha value is -2.87. The molecule has 2 aliphatic rings. The Morgan fingerprint density at radius 1 is 1.08 bits per heavy atom. The summed E-state index contributed by atoms with van der Waals surface area (Å²) in [7, 11) is 0. The van der Waals surface area contributed by atoms with Gasteiger partial charge in [-0.05, 0) is 17.7 Å². The van der Waals surface area contributed by atoms with Gasteiger partial charge in [0.2, 0.25) is 6.17 Å². The van der Waals surface area contributed by atoms with Crippen molar-refractivity contribution in [2.24, 2.45) is 5.10 Å². The molecule has 2 aromatic rings. The molecule has 2 aliphatic heterocycles. The largest absolute Gasteiger partial charge is 0.294 e. The summed E-state index contributed by atoms with van der Waals surface area (Å²) in [6, 6.07) is 13.3. The predicted octanol–water partition coefficient (Wildman–Crippen LogP) is 3.22. The number of rotatable bonds is 3. The van der Waals surface area contributed by atoms with E-state index in [2.05, 4.69) is 10.5 Å². The van der Waals surface area contributed by atoms with Gasteiger partial charge in [0.1, 0.15) is 0 Å². The van der Waals surface area contributed by atoms with Crippen LogP contribution in [0.5, 0.6) is 0 Å². The summed E-state index contributed by atoms with van der Waals surface area (Å²) in [5.41, 5.74) is 4.22. The van der Waals surface area contributed by atoms with Crippen LogP contribution in [-0.4, -0.2) is 22.1 Å². The Labute approximate surface area is 153 Å². The lowest BCUT2D eigenvalue weighted by Crippen LogP contribution is -2.52. The minimum absolute atomic E-state index is 0.261. The maximum absolute atomic E-state index is 13.5. The number of amidine groups is 1. The SMILES string of the molecule is O=C1C2NN=C(SCc3ccccc3)N2C=CN1c1ccc(F)c(F)c1. The third-order valence-electron chi connectivity index (χ3n) is 4.02. The first-order valence-corrected chi connectivity index (χ1v) is 8.87. The van der Waals surface area contributed by atoms with Crippen molar-refractivity contribution in [3.05, 3.63) is 78.1 Å². The summed E-state index contributed by atoms with van der Waals surface area (Å²) in [4.78, 5) is 15.7. The van der Waals surface area contributed by atoms with Crippen LogP contribution in [0, 0.1) is 11.6 Å². The first-order valence-electron chi connectivity index (χ1n) is 7.88. The van der Waals surface area contributed by atoms with E-state index in [1.807, 2.05) is 30.3 Å². The van der Waals surface area contributed by atoms with E-state index in [0.717, 1.165) is 23.4 Å². The molecule has 2 heterocycles. The van der Waals surface area contributed by atoms with Crippen molar-refractivity contribution in [2.75, 3.05) is 4.90 Å². The molecular formula is C18H14F2N4OS. The number of hydrogen-bond acceptors (Lipinski definition) is 5. The molecule has 0 aromatic heterocycles. The van der Waals surface area contributed by atoms with Gasteiger partial charge in [-0.1, -0.05) is 42.1 Å². The number of hydrazone groups is 1. The van der Waals surface area contributed by atoms with Crippen LogP contribution < -0.4 is 10.3 Å². The van der Waals surface area contributed by atoms with Gasteiger partial charge in [0, 0.05) is 24.2 Å². The third-order valence-corrected chi connectivity index (χ3v) is 5.06. The fourth-order valence-corrected chi connectivity index (χ4v) is 3.61. The van der Waals surface area contributed by atoms with E-state index in [1.54, 1.807) is 11.1 Å². The Morgan fingerprint density at radius 3 is 2.65 bits per heavy atom. The van der Waals surface area contributed by atoms with E-state index < -0.39 is 17.8 Å². The van der Waals surface area contributed by atoms with Crippen LogP contribution in [-0.2, 0) is 10.5 Å². The second-order valence-electron chi connectivity index (χ2n) is 5.71. The fraction of sp³-hybridized carbons (Fsp3) is 0.111. The van der Waals surface area contributed by atoms with Crippen LogP contribution in [0.4, 0.5) is 14.5 Å². The second kappa shape index (κ2) is 6.80. The Morgan fingerprint density at radius 2 is 1.88 bits per heavy atom. The lowest BCUT2D eigenvalue weighted by molar-refractivity contribution is -0.122. The molecule has 0 saturated heterocycles.